The van der Waals surface area contributed by atoms with Crippen molar-refractivity contribution in [2.45, 2.75) is 37.2 Å². The number of anilines is 1. The minimum absolute atomic E-state index is 0.120. The lowest BCUT2D eigenvalue weighted by Crippen LogP contribution is -2.53. The van der Waals surface area contributed by atoms with E-state index in [9.17, 15) is 18.0 Å². The number of carbonyl (C=O) groups excluding carboxylic acids is 2. The number of sulfonamides is 1. The molecule has 7 nitrogen and oxygen atoms in total. The molecule has 4 rings (SSSR count). The van der Waals surface area contributed by atoms with Crippen molar-refractivity contribution in [2.24, 2.45) is 0 Å². The molecule has 0 heterocycles. The van der Waals surface area contributed by atoms with Crippen molar-refractivity contribution in [2.75, 3.05) is 17.4 Å². The van der Waals surface area contributed by atoms with Gasteiger partial charge in [-0.15, -0.1) is 0 Å². The largest absolute Gasteiger partial charge is 0.354 e. The van der Waals surface area contributed by atoms with Crippen LogP contribution in [0, 0.1) is 5.82 Å². The normalized spacial score (nSPS) is 11.9. The fraction of sp³-hybridized carbons (Fsp3) is 0.212. The van der Waals surface area contributed by atoms with Gasteiger partial charge < -0.3 is 10.2 Å². The first-order chi connectivity index (χ1) is 21.1. The van der Waals surface area contributed by atoms with E-state index in [-0.39, 0.29) is 28.6 Å². The second kappa shape index (κ2) is 15.2. The molecule has 0 fully saturated rings. The standard InChI is InChI=1S/C33H32Cl2FN3O4S/c1-2-19-37-33(41)31(20-24-11-5-3-6-12-24)38(22-25-17-18-26(34)21-28(25)35)32(40)23-39(30-16-10-9-15-29(30)36)44(42,43)27-13-7-4-8-14-27/h3-18,21,31H,2,19-20,22-23H2,1H3,(H,37,41)/t31-/m0/s1. The molecule has 44 heavy (non-hydrogen) atoms. The van der Waals surface area contributed by atoms with Gasteiger partial charge in [0.2, 0.25) is 11.8 Å². The van der Waals surface area contributed by atoms with Crippen molar-refractivity contribution in [1.29, 1.82) is 0 Å². The highest BCUT2D eigenvalue weighted by molar-refractivity contribution is 7.92. The van der Waals surface area contributed by atoms with Gasteiger partial charge >= 0.3 is 0 Å². The molecule has 230 valence electrons. The second-order valence-electron chi connectivity index (χ2n) is 10.0. The summed E-state index contributed by atoms with van der Waals surface area (Å²) in [5.41, 5.74) is 0.977. The number of hydrogen-bond donors (Lipinski definition) is 1. The van der Waals surface area contributed by atoms with E-state index < -0.39 is 40.2 Å². The van der Waals surface area contributed by atoms with Crippen molar-refractivity contribution < 1.29 is 22.4 Å². The molecule has 0 unspecified atom stereocenters. The number of hydrogen-bond acceptors (Lipinski definition) is 4. The molecule has 0 saturated carbocycles. The first-order valence-corrected chi connectivity index (χ1v) is 16.2. The van der Waals surface area contributed by atoms with Crippen molar-refractivity contribution in [3.05, 3.63) is 130 Å². The zero-order valence-electron chi connectivity index (χ0n) is 24.0. The Kier molecular flexibility index (Phi) is 11.4. The van der Waals surface area contributed by atoms with Crippen LogP contribution in [0.3, 0.4) is 0 Å². The summed E-state index contributed by atoms with van der Waals surface area (Å²) < 4.78 is 43.7. The summed E-state index contributed by atoms with van der Waals surface area (Å²) in [6.07, 6.45) is 0.801. The van der Waals surface area contributed by atoms with E-state index in [0.29, 0.717) is 23.6 Å². The van der Waals surface area contributed by atoms with Crippen LogP contribution in [0.4, 0.5) is 10.1 Å². The Bertz CT molecular complexity index is 1690. The Labute approximate surface area is 267 Å². The molecule has 4 aromatic carbocycles. The number of nitrogens with zero attached hydrogens (tertiary/aromatic N) is 2. The molecule has 1 N–H and O–H groups in total. The SMILES string of the molecule is CCCNC(=O)[C@H](Cc1ccccc1)N(Cc1ccc(Cl)cc1Cl)C(=O)CN(c1ccccc1F)S(=O)(=O)c1ccccc1. The van der Waals surface area contributed by atoms with Crippen molar-refractivity contribution in [3.63, 3.8) is 0 Å². The third-order valence-electron chi connectivity index (χ3n) is 6.91. The summed E-state index contributed by atoms with van der Waals surface area (Å²) in [5, 5.41) is 3.52. The second-order valence-corrected chi connectivity index (χ2v) is 12.7. The molecule has 0 bridgehead atoms. The van der Waals surface area contributed by atoms with E-state index in [2.05, 4.69) is 5.32 Å². The third-order valence-corrected chi connectivity index (χ3v) is 9.27. The molecule has 0 spiro atoms. The van der Waals surface area contributed by atoms with Gasteiger partial charge in [-0.25, -0.2) is 12.8 Å². The monoisotopic (exact) mass is 655 g/mol. The summed E-state index contributed by atoms with van der Waals surface area (Å²) in [4.78, 5) is 29.2. The van der Waals surface area contributed by atoms with E-state index in [4.69, 9.17) is 23.2 Å². The maximum atomic E-state index is 15.2. The van der Waals surface area contributed by atoms with Crippen LogP contribution in [0.5, 0.6) is 0 Å². The highest BCUT2D eigenvalue weighted by Gasteiger charge is 2.35. The van der Waals surface area contributed by atoms with Crippen LogP contribution in [0.15, 0.2) is 108 Å². The van der Waals surface area contributed by atoms with Gasteiger partial charge in [0.15, 0.2) is 0 Å². The molecule has 0 radical (unpaired) electrons. The molecule has 0 aliphatic heterocycles. The van der Waals surface area contributed by atoms with Gasteiger partial charge in [-0.3, -0.25) is 13.9 Å². The molecule has 11 heteroatoms. The smallest absolute Gasteiger partial charge is 0.264 e. The van der Waals surface area contributed by atoms with Crippen LogP contribution in [0.2, 0.25) is 10.0 Å². The van der Waals surface area contributed by atoms with Gasteiger partial charge in [-0.2, -0.15) is 0 Å². The topological polar surface area (TPSA) is 86.8 Å². The minimum Gasteiger partial charge on any atom is -0.354 e. The van der Waals surface area contributed by atoms with Gasteiger partial charge in [-0.05, 0) is 53.9 Å². The quantitative estimate of drug-likeness (QED) is 0.178. The number of benzene rings is 4. The van der Waals surface area contributed by atoms with Crippen LogP contribution < -0.4 is 9.62 Å². The number of halogens is 3. The Morgan fingerprint density at radius 3 is 2.16 bits per heavy atom. The molecular formula is C33H32Cl2FN3O4S. The lowest BCUT2D eigenvalue weighted by atomic mass is 10.0. The maximum absolute atomic E-state index is 15.2. The Hall–Kier alpha value is -3.92. The molecule has 0 saturated heterocycles. The van der Waals surface area contributed by atoms with E-state index in [0.717, 1.165) is 15.9 Å². The van der Waals surface area contributed by atoms with Crippen LogP contribution in [0.1, 0.15) is 24.5 Å². The highest BCUT2D eigenvalue weighted by Crippen LogP contribution is 2.28. The summed E-state index contributed by atoms with van der Waals surface area (Å²) in [6, 6.07) is 25.7. The minimum atomic E-state index is -4.41. The average molecular weight is 657 g/mol. The zero-order chi connectivity index (χ0) is 31.7. The summed E-state index contributed by atoms with van der Waals surface area (Å²) >= 11 is 12.6. The molecule has 0 aromatic heterocycles. The first-order valence-electron chi connectivity index (χ1n) is 14.0. The van der Waals surface area contributed by atoms with E-state index in [1.54, 1.807) is 18.2 Å². The van der Waals surface area contributed by atoms with Crippen LogP contribution in [-0.2, 0) is 32.6 Å². The van der Waals surface area contributed by atoms with E-state index in [1.165, 1.54) is 53.4 Å². The van der Waals surface area contributed by atoms with Crippen molar-refractivity contribution in [3.8, 4) is 0 Å². The van der Waals surface area contributed by atoms with Gasteiger partial charge in [-0.1, -0.05) is 96.9 Å². The number of amides is 2. The molecule has 2 amide bonds. The Morgan fingerprint density at radius 2 is 1.52 bits per heavy atom. The predicted octanol–water partition coefficient (Wildman–Crippen LogP) is 6.49. The summed E-state index contributed by atoms with van der Waals surface area (Å²) in [5.74, 6) is -1.97. The van der Waals surface area contributed by atoms with Gasteiger partial charge in [0, 0.05) is 29.6 Å². The number of nitrogens with one attached hydrogen (secondary N) is 1. The maximum Gasteiger partial charge on any atom is 0.264 e. The zero-order valence-corrected chi connectivity index (χ0v) is 26.3. The van der Waals surface area contributed by atoms with Gasteiger partial charge in [0.05, 0.1) is 10.6 Å². The Morgan fingerprint density at radius 1 is 0.886 bits per heavy atom. The summed E-state index contributed by atoms with van der Waals surface area (Å²) in [7, 11) is -4.41. The van der Waals surface area contributed by atoms with Gasteiger partial charge in [0.25, 0.3) is 10.0 Å². The van der Waals surface area contributed by atoms with Gasteiger partial charge in [0.1, 0.15) is 18.4 Å². The highest BCUT2D eigenvalue weighted by atomic mass is 35.5. The molecule has 1 atom stereocenters. The number of para-hydroxylation sites is 1. The fourth-order valence-electron chi connectivity index (χ4n) is 4.64. The molecule has 4 aromatic rings. The molecule has 0 aliphatic carbocycles. The first kappa shape index (κ1) is 33.0. The Balaban J connectivity index is 1.82. The van der Waals surface area contributed by atoms with Crippen LogP contribution in [-0.4, -0.2) is 44.3 Å². The lowest BCUT2D eigenvalue weighted by Gasteiger charge is -2.34. The average Bonchev–Trinajstić information content (AvgIpc) is 3.02. The van der Waals surface area contributed by atoms with Crippen LogP contribution >= 0.6 is 23.2 Å². The van der Waals surface area contributed by atoms with E-state index in [1.807, 2.05) is 37.3 Å². The molecule has 0 aliphatic rings. The van der Waals surface area contributed by atoms with E-state index >= 15 is 4.39 Å². The lowest BCUT2D eigenvalue weighted by molar-refractivity contribution is -0.140. The van der Waals surface area contributed by atoms with Crippen LogP contribution in [0.25, 0.3) is 0 Å². The van der Waals surface area contributed by atoms with Crippen molar-refractivity contribution in [1.82, 2.24) is 10.2 Å². The van der Waals surface area contributed by atoms with Crippen molar-refractivity contribution >= 4 is 50.7 Å². The third kappa shape index (κ3) is 8.16. The number of rotatable bonds is 13. The fourth-order valence-corrected chi connectivity index (χ4v) is 6.55. The number of carbonyl (C=O) groups is 2. The summed E-state index contributed by atoms with van der Waals surface area (Å²) in [6.45, 7) is 1.36. The molecular weight excluding hydrogens is 624 g/mol. The predicted molar refractivity (Wildman–Crippen MR) is 172 cm³/mol.